The molecule has 3 rings (SSSR count). The zero-order valence-corrected chi connectivity index (χ0v) is 11.8. The topological polar surface area (TPSA) is 54.0 Å². The molecule has 4 nitrogen and oxygen atoms in total. The molecular weight excluding hydrogens is 293 g/mol. The highest BCUT2D eigenvalue weighted by Gasteiger charge is 2.29. The Morgan fingerprint density at radius 3 is 2.62 bits per heavy atom. The zero-order valence-electron chi connectivity index (χ0n) is 11.1. The molecule has 108 valence electrons. The number of benzene rings is 1. The Balaban J connectivity index is 1.65. The van der Waals surface area contributed by atoms with Gasteiger partial charge in [0.25, 0.3) is 0 Å². The first-order valence-electron chi connectivity index (χ1n) is 6.61. The minimum absolute atomic E-state index is 0.0218. The van der Waals surface area contributed by atoms with Crippen LogP contribution >= 0.6 is 11.6 Å². The van der Waals surface area contributed by atoms with E-state index in [9.17, 15) is 9.18 Å². The molecule has 1 saturated carbocycles. The van der Waals surface area contributed by atoms with Gasteiger partial charge in [-0.3, -0.25) is 4.79 Å². The van der Waals surface area contributed by atoms with E-state index in [4.69, 9.17) is 11.6 Å². The fraction of sp³-hybridized carbons (Fsp3) is 0.200. The van der Waals surface area contributed by atoms with E-state index in [-0.39, 0.29) is 16.8 Å². The van der Waals surface area contributed by atoms with Crippen molar-refractivity contribution in [3.8, 4) is 0 Å². The van der Waals surface area contributed by atoms with E-state index < -0.39 is 5.82 Å². The average molecular weight is 306 g/mol. The molecule has 21 heavy (non-hydrogen) atoms. The summed E-state index contributed by atoms with van der Waals surface area (Å²) in [4.78, 5) is 15.8. The van der Waals surface area contributed by atoms with Gasteiger partial charge in [0.1, 0.15) is 11.6 Å². The van der Waals surface area contributed by atoms with Gasteiger partial charge < -0.3 is 10.6 Å². The highest BCUT2D eigenvalue weighted by Crippen LogP contribution is 2.30. The quantitative estimate of drug-likeness (QED) is 0.898. The molecule has 0 bridgehead atoms. The largest absolute Gasteiger partial charge is 0.354 e. The number of hydrogen-bond donors (Lipinski definition) is 2. The molecule has 1 aromatic carbocycles. The molecule has 2 aromatic rings. The summed E-state index contributed by atoms with van der Waals surface area (Å²) in [5.74, 6) is 0.229. The van der Waals surface area contributed by atoms with Crippen molar-refractivity contribution in [1.29, 1.82) is 0 Å². The SMILES string of the molecule is O=C(Nc1ccc(Nc2ccc(F)c(Cl)c2)cn1)C1CC1. The smallest absolute Gasteiger partial charge is 0.228 e. The number of amides is 1. The predicted molar refractivity (Wildman–Crippen MR) is 80.3 cm³/mol. The van der Waals surface area contributed by atoms with Crippen LogP contribution in [0.2, 0.25) is 5.02 Å². The van der Waals surface area contributed by atoms with Gasteiger partial charge in [-0.1, -0.05) is 11.6 Å². The molecule has 1 aliphatic rings. The number of rotatable bonds is 4. The van der Waals surface area contributed by atoms with Crippen LogP contribution in [-0.2, 0) is 4.79 Å². The van der Waals surface area contributed by atoms with Crippen LogP contribution in [0.5, 0.6) is 0 Å². The van der Waals surface area contributed by atoms with Crippen molar-refractivity contribution in [2.75, 3.05) is 10.6 Å². The average Bonchev–Trinajstić information content (AvgIpc) is 3.30. The second-order valence-corrected chi connectivity index (χ2v) is 5.36. The molecule has 0 radical (unpaired) electrons. The predicted octanol–water partition coefficient (Wildman–Crippen LogP) is 3.97. The van der Waals surface area contributed by atoms with Crippen LogP contribution in [0, 0.1) is 11.7 Å². The first-order chi connectivity index (χ1) is 10.1. The Hall–Kier alpha value is -2.14. The summed E-state index contributed by atoms with van der Waals surface area (Å²) in [5, 5.41) is 5.88. The van der Waals surface area contributed by atoms with Crippen molar-refractivity contribution in [1.82, 2.24) is 4.98 Å². The first kappa shape index (κ1) is 13.8. The Bertz CT molecular complexity index is 671. The summed E-state index contributed by atoms with van der Waals surface area (Å²) in [6, 6.07) is 7.88. The van der Waals surface area contributed by atoms with Gasteiger partial charge in [0.15, 0.2) is 0 Å². The highest BCUT2D eigenvalue weighted by molar-refractivity contribution is 6.31. The summed E-state index contributed by atoms with van der Waals surface area (Å²) < 4.78 is 13.1. The van der Waals surface area contributed by atoms with Crippen molar-refractivity contribution in [2.45, 2.75) is 12.8 Å². The first-order valence-corrected chi connectivity index (χ1v) is 6.98. The maximum Gasteiger partial charge on any atom is 0.228 e. The van der Waals surface area contributed by atoms with E-state index in [1.54, 1.807) is 24.4 Å². The van der Waals surface area contributed by atoms with Crippen LogP contribution in [0.1, 0.15) is 12.8 Å². The molecule has 0 aliphatic heterocycles. The zero-order chi connectivity index (χ0) is 14.8. The van der Waals surface area contributed by atoms with E-state index in [0.717, 1.165) is 18.5 Å². The molecule has 0 saturated heterocycles. The van der Waals surface area contributed by atoms with Crippen molar-refractivity contribution in [3.63, 3.8) is 0 Å². The molecule has 1 amide bonds. The standard InChI is InChI=1S/C15H13ClFN3O/c16-12-7-10(3-5-13(12)17)19-11-4-6-14(18-8-11)20-15(21)9-1-2-9/h3-9,19H,1-2H2,(H,18,20,21). The van der Waals surface area contributed by atoms with Crippen molar-refractivity contribution >= 4 is 34.7 Å². The third-order valence-corrected chi connectivity index (χ3v) is 3.46. The van der Waals surface area contributed by atoms with Crippen LogP contribution in [0.15, 0.2) is 36.5 Å². The normalized spacial score (nSPS) is 13.8. The Labute approximate surface area is 126 Å². The number of nitrogens with one attached hydrogen (secondary N) is 2. The van der Waals surface area contributed by atoms with Crippen LogP contribution in [0.4, 0.5) is 21.6 Å². The lowest BCUT2D eigenvalue weighted by molar-refractivity contribution is -0.117. The van der Waals surface area contributed by atoms with Gasteiger partial charge in [-0.15, -0.1) is 0 Å². The maximum absolute atomic E-state index is 13.1. The van der Waals surface area contributed by atoms with Crippen LogP contribution in [0.3, 0.4) is 0 Å². The number of nitrogens with zero attached hydrogens (tertiary/aromatic N) is 1. The second kappa shape index (κ2) is 5.69. The van der Waals surface area contributed by atoms with Gasteiger partial charge >= 0.3 is 0 Å². The van der Waals surface area contributed by atoms with E-state index in [2.05, 4.69) is 15.6 Å². The summed E-state index contributed by atoms with van der Waals surface area (Å²) in [6.45, 7) is 0. The van der Waals surface area contributed by atoms with Crippen molar-refractivity contribution in [3.05, 3.63) is 47.4 Å². The number of carbonyl (C=O) groups excluding carboxylic acids is 1. The van der Waals surface area contributed by atoms with Crippen LogP contribution < -0.4 is 10.6 Å². The molecule has 0 atom stereocenters. The Kier molecular flexibility index (Phi) is 3.75. The summed E-state index contributed by atoms with van der Waals surface area (Å²) in [6.07, 6.45) is 3.51. The Morgan fingerprint density at radius 2 is 2.00 bits per heavy atom. The molecule has 0 spiro atoms. The van der Waals surface area contributed by atoms with E-state index in [1.807, 2.05) is 0 Å². The molecular formula is C15H13ClFN3O. The number of anilines is 3. The molecule has 1 heterocycles. The van der Waals surface area contributed by atoms with Crippen LogP contribution in [-0.4, -0.2) is 10.9 Å². The highest BCUT2D eigenvalue weighted by atomic mass is 35.5. The fourth-order valence-corrected chi connectivity index (χ4v) is 2.04. The minimum atomic E-state index is -0.460. The summed E-state index contributed by atoms with van der Waals surface area (Å²) in [7, 11) is 0. The number of pyridine rings is 1. The lowest BCUT2D eigenvalue weighted by Crippen LogP contribution is -2.14. The van der Waals surface area contributed by atoms with Gasteiger partial charge in [0.05, 0.1) is 16.9 Å². The molecule has 0 unspecified atom stereocenters. The summed E-state index contributed by atoms with van der Waals surface area (Å²) >= 11 is 5.72. The second-order valence-electron chi connectivity index (χ2n) is 4.95. The molecule has 1 aliphatic carbocycles. The maximum atomic E-state index is 13.1. The third kappa shape index (κ3) is 3.49. The number of aromatic nitrogens is 1. The lowest BCUT2D eigenvalue weighted by atomic mass is 10.3. The summed E-state index contributed by atoms with van der Waals surface area (Å²) in [5.41, 5.74) is 1.39. The van der Waals surface area contributed by atoms with Gasteiger partial charge in [-0.05, 0) is 43.2 Å². The fourth-order valence-electron chi connectivity index (χ4n) is 1.86. The number of carbonyl (C=O) groups is 1. The van der Waals surface area contributed by atoms with Crippen molar-refractivity contribution in [2.24, 2.45) is 5.92 Å². The van der Waals surface area contributed by atoms with E-state index in [1.165, 1.54) is 12.1 Å². The van der Waals surface area contributed by atoms with E-state index >= 15 is 0 Å². The molecule has 6 heteroatoms. The van der Waals surface area contributed by atoms with Gasteiger partial charge in [0, 0.05) is 11.6 Å². The molecule has 2 N–H and O–H groups in total. The van der Waals surface area contributed by atoms with Crippen LogP contribution in [0.25, 0.3) is 0 Å². The van der Waals surface area contributed by atoms with Crippen molar-refractivity contribution < 1.29 is 9.18 Å². The Morgan fingerprint density at radius 1 is 1.24 bits per heavy atom. The minimum Gasteiger partial charge on any atom is -0.354 e. The molecule has 1 fully saturated rings. The number of halogens is 2. The third-order valence-electron chi connectivity index (χ3n) is 3.17. The van der Waals surface area contributed by atoms with Gasteiger partial charge in [-0.2, -0.15) is 0 Å². The van der Waals surface area contributed by atoms with Gasteiger partial charge in [0.2, 0.25) is 5.91 Å². The lowest BCUT2D eigenvalue weighted by Gasteiger charge is -2.08. The van der Waals surface area contributed by atoms with Gasteiger partial charge in [-0.25, -0.2) is 9.37 Å². The number of hydrogen-bond acceptors (Lipinski definition) is 3. The van der Waals surface area contributed by atoms with E-state index in [0.29, 0.717) is 11.5 Å². The monoisotopic (exact) mass is 305 g/mol. The molecule has 1 aromatic heterocycles.